The average Bonchev–Trinajstić information content (AvgIpc) is 2.32. The molecular weight excluding hydrogens is 260 g/mol. The van der Waals surface area contributed by atoms with Crippen LogP contribution in [0.15, 0.2) is 11.0 Å². The molecule has 0 heterocycles. The fraction of sp³-hybridized carbons (Fsp3) is 0.429. The molecule has 1 aromatic rings. The van der Waals surface area contributed by atoms with Crippen LogP contribution in [0.25, 0.3) is 0 Å². The van der Waals surface area contributed by atoms with Gasteiger partial charge in [-0.05, 0) is 43.9 Å². The van der Waals surface area contributed by atoms with Gasteiger partial charge in [-0.2, -0.15) is 4.72 Å². The zero-order valence-electron chi connectivity index (χ0n) is 11.7. The van der Waals surface area contributed by atoms with E-state index in [4.69, 9.17) is 12.2 Å². The van der Waals surface area contributed by atoms with Crippen LogP contribution in [0.4, 0.5) is 5.69 Å². The van der Waals surface area contributed by atoms with Crippen molar-refractivity contribution >= 4 is 15.7 Å². The number of rotatable bonds is 4. The second-order valence-corrected chi connectivity index (χ2v) is 6.28. The average molecular weight is 280 g/mol. The van der Waals surface area contributed by atoms with Crippen LogP contribution in [0.5, 0.6) is 0 Å². The Balaban J connectivity index is 3.39. The molecule has 19 heavy (non-hydrogen) atoms. The molecule has 1 atom stereocenters. The van der Waals surface area contributed by atoms with E-state index in [0.29, 0.717) is 23.2 Å². The lowest BCUT2D eigenvalue weighted by molar-refractivity contribution is 0.569. The number of nitrogens with one attached hydrogen (secondary N) is 1. The molecular formula is C14H20N2O2S. The highest BCUT2D eigenvalue weighted by Gasteiger charge is 2.23. The highest BCUT2D eigenvalue weighted by atomic mass is 32.2. The van der Waals surface area contributed by atoms with Gasteiger partial charge in [-0.1, -0.05) is 18.9 Å². The first-order valence-electron chi connectivity index (χ1n) is 6.09. The fourth-order valence-corrected chi connectivity index (χ4v) is 3.80. The van der Waals surface area contributed by atoms with E-state index < -0.39 is 16.1 Å². The van der Waals surface area contributed by atoms with E-state index in [-0.39, 0.29) is 4.90 Å². The van der Waals surface area contributed by atoms with Gasteiger partial charge in [-0.3, -0.25) is 0 Å². The summed E-state index contributed by atoms with van der Waals surface area (Å²) >= 11 is 0. The summed E-state index contributed by atoms with van der Waals surface area (Å²) in [7, 11) is -3.66. The van der Waals surface area contributed by atoms with E-state index >= 15 is 0 Å². The van der Waals surface area contributed by atoms with Crippen LogP contribution in [0, 0.1) is 33.1 Å². The van der Waals surface area contributed by atoms with Crippen LogP contribution >= 0.6 is 0 Å². The third-order valence-corrected chi connectivity index (χ3v) is 4.90. The van der Waals surface area contributed by atoms with Gasteiger partial charge in [0.15, 0.2) is 0 Å². The molecule has 3 N–H and O–H groups in total. The minimum atomic E-state index is -3.66. The molecule has 104 valence electrons. The molecule has 0 spiro atoms. The van der Waals surface area contributed by atoms with Gasteiger partial charge < -0.3 is 5.73 Å². The third kappa shape index (κ3) is 3.09. The second-order valence-electron chi connectivity index (χ2n) is 4.63. The Bertz CT molecular complexity index is 628. The molecule has 0 aliphatic carbocycles. The van der Waals surface area contributed by atoms with Crippen molar-refractivity contribution in [2.75, 3.05) is 5.73 Å². The van der Waals surface area contributed by atoms with Gasteiger partial charge >= 0.3 is 0 Å². The minimum Gasteiger partial charge on any atom is -0.398 e. The Morgan fingerprint density at radius 3 is 2.42 bits per heavy atom. The first-order valence-corrected chi connectivity index (χ1v) is 7.57. The molecule has 4 nitrogen and oxygen atoms in total. The number of hydrogen-bond acceptors (Lipinski definition) is 3. The van der Waals surface area contributed by atoms with E-state index in [1.807, 2.05) is 13.8 Å². The number of benzene rings is 1. The monoisotopic (exact) mass is 280 g/mol. The molecule has 0 saturated heterocycles. The van der Waals surface area contributed by atoms with Gasteiger partial charge in [0.2, 0.25) is 10.0 Å². The van der Waals surface area contributed by atoms with Crippen LogP contribution in [0.2, 0.25) is 0 Å². The van der Waals surface area contributed by atoms with Crippen LogP contribution in [-0.4, -0.2) is 14.5 Å². The third-order valence-electron chi connectivity index (χ3n) is 3.14. The number of nitrogens with two attached hydrogens (primary N) is 1. The molecule has 0 bridgehead atoms. The summed E-state index contributed by atoms with van der Waals surface area (Å²) in [6, 6.07) is 1.26. The minimum absolute atomic E-state index is 0.226. The van der Waals surface area contributed by atoms with Gasteiger partial charge in [-0.25, -0.2) is 8.42 Å². The van der Waals surface area contributed by atoms with Crippen LogP contribution < -0.4 is 10.5 Å². The Hall–Kier alpha value is -1.51. The molecule has 5 heteroatoms. The Kier molecular flexibility index (Phi) is 4.61. The quantitative estimate of drug-likeness (QED) is 0.653. The predicted octanol–water partition coefficient (Wildman–Crippen LogP) is 1.88. The summed E-state index contributed by atoms with van der Waals surface area (Å²) in [6.07, 6.45) is 5.83. The summed E-state index contributed by atoms with van der Waals surface area (Å²) in [5.41, 5.74) is 8.52. The normalized spacial score (nSPS) is 13.0. The Labute approximate surface area is 115 Å². The number of hydrogen-bond donors (Lipinski definition) is 2. The molecule has 0 radical (unpaired) electrons. The maximum atomic E-state index is 12.4. The van der Waals surface area contributed by atoms with Crippen molar-refractivity contribution in [2.45, 2.75) is 45.1 Å². The lowest BCUT2D eigenvalue weighted by atomic mass is 10.1. The molecule has 0 aromatic heterocycles. The van der Waals surface area contributed by atoms with Crippen molar-refractivity contribution in [3.63, 3.8) is 0 Å². The summed E-state index contributed by atoms with van der Waals surface area (Å²) in [6.45, 7) is 7.15. The molecule has 0 saturated carbocycles. The summed E-state index contributed by atoms with van der Waals surface area (Å²) < 4.78 is 27.3. The van der Waals surface area contributed by atoms with Crippen molar-refractivity contribution in [1.29, 1.82) is 0 Å². The number of terminal acetylenes is 1. The molecule has 0 amide bonds. The highest BCUT2D eigenvalue weighted by molar-refractivity contribution is 7.89. The Morgan fingerprint density at radius 1 is 1.37 bits per heavy atom. The molecule has 0 fully saturated rings. The maximum Gasteiger partial charge on any atom is 0.242 e. The molecule has 1 aromatic carbocycles. The van der Waals surface area contributed by atoms with Crippen LogP contribution in [-0.2, 0) is 10.0 Å². The number of aryl methyl sites for hydroxylation is 2. The van der Waals surface area contributed by atoms with Gasteiger partial charge in [0.05, 0.1) is 10.9 Å². The highest BCUT2D eigenvalue weighted by Crippen LogP contribution is 2.28. The van der Waals surface area contributed by atoms with E-state index in [1.54, 1.807) is 19.9 Å². The van der Waals surface area contributed by atoms with Gasteiger partial charge in [0.25, 0.3) is 0 Å². The predicted molar refractivity (Wildman–Crippen MR) is 78.3 cm³/mol. The largest absolute Gasteiger partial charge is 0.398 e. The second kappa shape index (κ2) is 5.64. The van der Waals surface area contributed by atoms with Gasteiger partial charge in [0.1, 0.15) is 0 Å². The maximum absolute atomic E-state index is 12.4. The van der Waals surface area contributed by atoms with Gasteiger partial charge in [-0.15, -0.1) is 6.42 Å². The van der Waals surface area contributed by atoms with Crippen LogP contribution in [0.3, 0.4) is 0 Å². The molecule has 1 unspecified atom stereocenters. The topological polar surface area (TPSA) is 72.2 Å². The summed E-state index contributed by atoms with van der Waals surface area (Å²) in [5, 5.41) is 0. The van der Waals surface area contributed by atoms with E-state index in [0.717, 1.165) is 5.56 Å². The van der Waals surface area contributed by atoms with E-state index in [2.05, 4.69) is 10.6 Å². The SMILES string of the molecule is C#CC(CC)NS(=O)(=O)c1c(C)cc(C)c(N)c1C. The van der Waals surface area contributed by atoms with Crippen molar-refractivity contribution < 1.29 is 8.42 Å². The lowest BCUT2D eigenvalue weighted by Crippen LogP contribution is -2.34. The number of nitrogen functional groups attached to an aromatic ring is 1. The van der Waals surface area contributed by atoms with E-state index in [1.165, 1.54) is 0 Å². The fourth-order valence-electron chi connectivity index (χ4n) is 2.08. The Morgan fingerprint density at radius 2 is 1.95 bits per heavy atom. The first kappa shape index (κ1) is 15.5. The summed E-state index contributed by atoms with van der Waals surface area (Å²) in [5.74, 6) is 2.42. The van der Waals surface area contributed by atoms with Crippen LogP contribution in [0.1, 0.15) is 30.0 Å². The van der Waals surface area contributed by atoms with Gasteiger partial charge in [0, 0.05) is 5.69 Å². The molecule has 1 rings (SSSR count). The number of sulfonamides is 1. The molecule has 0 aliphatic rings. The van der Waals surface area contributed by atoms with E-state index in [9.17, 15) is 8.42 Å². The van der Waals surface area contributed by atoms with Crippen molar-refractivity contribution in [3.05, 3.63) is 22.8 Å². The molecule has 0 aliphatic heterocycles. The zero-order chi connectivity index (χ0) is 14.8. The lowest BCUT2D eigenvalue weighted by Gasteiger charge is -2.17. The van der Waals surface area contributed by atoms with Crippen molar-refractivity contribution in [3.8, 4) is 12.3 Å². The zero-order valence-corrected chi connectivity index (χ0v) is 12.6. The summed E-state index contributed by atoms with van der Waals surface area (Å²) in [4.78, 5) is 0.226. The smallest absolute Gasteiger partial charge is 0.242 e. The van der Waals surface area contributed by atoms with Crippen molar-refractivity contribution in [1.82, 2.24) is 4.72 Å². The number of anilines is 1. The van der Waals surface area contributed by atoms with Crippen molar-refractivity contribution in [2.24, 2.45) is 0 Å². The standard InChI is InChI=1S/C14H20N2O2S/c1-6-12(7-2)16-19(17,18)14-10(4)8-9(3)13(15)11(14)5/h1,8,12,16H,7,15H2,2-5H3. The first-order chi connectivity index (χ1) is 8.74.